The lowest BCUT2D eigenvalue weighted by atomic mass is 9.93. The van der Waals surface area contributed by atoms with E-state index in [0.29, 0.717) is 26.7 Å². The van der Waals surface area contributed by atoms with E-state index in [-0.39, 0.29) is 29.8 Å². The lowest BCUT2D eigenvalue weighted by Crippen LogP contribution is -2.34. The number of carbonyl (C=O) groups is 1. The van der Waals surface area contributed by atoms with Crippen LogP contribution in [0.25, 0.3) is 22.0 Å². The van der Waals surface area contributed by atoms with Crippen LogP contribution in [0.15, 0.2) is 53.5 Å². The molecule has 40 heavy (non-hydrogen) atoms. The fourth-order valence-corrected chi connectivity index (χ4v) is 6.35. The number of hydrogen-bond donors (Lipinski definition) is 1. The predicted molar refractivity (Wildman–Crippen MR) is 154 cm³/mol. The molecular weight excluding hydrogens is 529 g/mol. The van der Waals surface area contributed by atoms with Gasteiger partial charge in [-0.2, -0.15) is 5.26 Å². The van der Waals surface area contributed by atoms with Gasteiger partial charge in [0.1, 0.15) is 22.5 Å². The van der Waals surface area contributed by atoms with Crippen molar-refractivity contribution in [2.24, 2.45) is 5.92 Å². The Kier molecular flexibility index (Phi) is 6.76. The van der Waals surface area contributed by atoms with Crippen LogP contribution >= 0.6 is 11.3 Å². The van der Waals surface area contributed by atoms with Gasteiger partial charge in [-0.1, -0.05) is 11.3 Å². The number of piperidine rings is 1. The summed E-state index contributed by atoms with van der Waals surface area (Å²) in [7, 11) is 1.88. The molecule has 0 unspecified atom stereocenters. The van der Waals surface area contributed by atoms with Crippen LogP contribution in [0.3, 0.4) is 0 Å². The van der Waals surface area contributed by atoms with E-state index >= 15 is 0 Å². The van der Waals surface area contributed by atoms with E-state index in [1.54, 1.807) is 12.1 Å². The Morgan fingerprint density at radius 1 is 1.15 bits per heavy atom. The third-order valence-electron chi connectivity index (χ3n) is 7.87. The van der Waals surface area contributed by atoms with Gasteiger partial charge in [0.25, 0.3) is 5.56 Å². The maximum absolute atomic E-state index is 13.5. The molecule has 4 aromatic rings. The van der Waals surface area contributed by atoms with Crippen LogP contribution in [-0.4, -0.2) is 40.8 Å². The minimum atomic E-state index is -0.756. The Bertz CT molecular complexity index is 1700. The van der Waals surface area contributed by atoms with Crippen molar-refractivity contribution in [1.82, 2.24) is 9.55 Å². The second kappa shape index (κ2) is 10.4. The van der Waals surface area contributed by atoms with Gasteiger partial charge in [0.05, 0.1) is 5.69 Å². The van der Waals surface area contributed by atoms with E-state index in [9.17, 15) is 19.2 Å². The molecular formula is C30H28FN5O3S. The summed E-state index contributed by atoms with van der Waals surface area (Å²) in [6.07, 6.45) is 5.63. The van der Waals surface area contributed by atoms with Crippen LogP contribution in [0, 0.1) is 23.1 Å². The van der Waals surface area contributed by atoms with Crippen molar-refractivity contribution in [2.45, 2.75) is 38.1 Å². The molecule has 2 aromatic heterocycles. The second-order valence-electron chi connectivity index (χ2n) is 10.6. The molecule has 0 atom stereocenters. The lowest BCUT2D eigenvalue weighted by molar-refractivity contribution is -0.138. The highest BCUT2D eigenvalue weighted by Gasteiger charge is 2.28. The number of nitrogens with zero attached hydrogens (tertiary/aromatic N) is 5. The Morgan fingerprint density at radius 3 is 2.52 bits per heavy atom. The number of carboxylic acid groups (broad SMARTS) is 1. The van der Waals surface area contributed by atoms with Gasteiger partial charge in [0.15, 0.2) is 5.13 Å². The summed E-state index contributed by atoms with van der Waals surface area (Å²) in [5.74, 6) is -0.935. The third-order valence-corrected chi connectivity index (χ3v) is 8.91. The molecule has 2 aliphatic rings. The van der Waals surface area contributed by atoms with Gasteiger partial charge in [0.2, 0.25) is 0 Å². The van der Waals surface area contributed by atoms with Gasteiger partial charge in [-0.05, 0) is 74.1 Å². The Balaban J connectivity index is 1.40. The summed E-state index contributed by atoms with van der Waals surface area (Å²) >= 11 is 1.26. The average molecular weight is 558 g/mol. The number of thiazole rings is 1. The van der Waals surface area contributed by atoms with E-state index in [1.807, 2.05) is 40.9 Å². The lowest BCUT2D eigenvalue weighted by Gasteiger charge is -2.33. The maximum atomic E-state index is 13.5. The summed E-state index contributed by atoms with van der Waals surface area (Å²) in [5.41, 5.74) is 2.94. The second-order valence-corrected chi connectivity index (χ2v) is 11.5. The average Bonchev–Trinajstić information content (AvgIpc) is 3.71. The zero-order chi connectivity index (χ0) is 28.0. The summed E-state index contributed by atoms with van der Waals surface area (Å²) < 4.78 is 15.3. The molecule has 1 aliphatic heterocycles. The number of halogens is 1. The normalized spacial score (nSPS) is 15.8. The summed E-state index contributed by atoms with van der Waals surface area (Å²) in [4.78, 5) is 34.0. The van der Waals surface area contributed by atoms with Gasteiger partial charge < -0.3 is 19.5 Å². The third kappa shape index (κ3) is 4.93. The number of fused-ring (bicyclic) bond motifs is 1. The molecule has 0 spiro atoms. The van der Waals surface area contributed by atoms with E-state index in [2.05, 4.69) is 11.0 Å². The van der Waals surface area contributed by atoms with Crippen molar-refractivity contribution in [3.63, 3.8) is 0 Å². The van der Waals surface area contributed by atoms with E-state index in [4.69, 9.17) is 10.1 Å². The molecule has 8 nitrogen and oxygen atoms in total. The smallest absolute Gasteiger partial charge is 0.303 e. The van der Waals surface area contributed by atoms with Crippen molar-refractivity contribution in [2.75, 3.05) is 29.9 Å². The van der Waals surface area contributed by atoms with Crippen molar-refractivity contribution < 1.29 is 14.3 Å². The maximum Gasteiger partial charge on any atom is 0.303 e. The van der Waals surface area contributed by atoms with Gasteiger partial charge >= 0.3 is 5.97 Å². The molecule has 0 radical (unpaired) electrons. The number of nitriles is 1. The number of anilines is 3. The first-order chi connectivity index (χ1) is 19.3. The molecule has 1 saturated carbocycles. The van der Waals surface area contributed by atoms with Crippen LogP contribution in [0.2, 0.25) is 0 Å². The SMILES string of the molecule is CN(c1nc(-c2ccc(F)cc2)c(C#N)s1)c1cn(C2CC2)c(=O)c2ccc(N3CCC(CC(=O)O)CC3)cc12. The van der Waals surface area contributed by atoms with Crippen LogP contribution in [0.4, 0.5) is 20.9 Å². The van der Waals surface area contributed by atoms with Gasteiger partial charge in [0, 0.05) is 60.8 Å². The molecule has 2 fully saturated rings. The highest BCUT2D eigenvalue weighted by atomic mass is 32.1. The Morgan fingerprint density at radius 2 is 1.88 bits per heavy atom. The minimum Gasteiger partial charge on any atom is -0.481 e. The molecule has 6 rings (SSSR count). The van der Waals surface area contributed by atoms with Gasteiger partial charge in [-0.15, -0.1) is 0 Å². The van der Waals surface area contributed by atoms with E-state index < -0.39 is 5.97 Å². The number of aromatic nitrogens is 2. The van der Waals surface area contributed by atoms with Crippen molar-refractivity contribution in [3.8, 4) is 17.3 Å². The summed E-state index contributed by atoms with van der Waals surface area (Å²) in [5, 5.41) is 21.0. The first kappa shape index (κ1) is 26.0. The fourth-order valence-electron chi connectivity index (χ4n) is 5.49. The van der Waals surface area contributed by atoms with Crippen molar-refractivity contribution >= 4 is 44.6 Å². The Labute approximate surface area is 234 Å². The molecule has 1 saturated heterocycles. The number of rotatable bonds is 7. The van der Waals surface area contributed by atoms with Crippen LogP contribution < -0.4 is 15.4 Å². The highest BCUT2D eigenvalue weighted by Crippen LogP contribution is 2.41. The predicted octanol–water partition coefficient (Wildman–Crippen LogP) is 5.93. The molecule has 0 amide bonds. The van der Waals surface area contributed by atoms with Gasteiger partial charge in [-0.3, -0.25) is 9.59 Å². The largest absolute Gasteiger partial charge is 0.481 e. The first-order valence-electron chi connectivity index (χ1n) is 13.4. The van der Waals surface area contributed by atoms with Crippen molar-refractivity contribution in [3.05, 3.63) is 69.7 Å². The van der Waals surface area contributed by atoms with E-state index in [0.717, 1.165) is 55.5 Å². The Hall–Kier alpha value is -4.23. The van der Waals surface area contributed by atoms with Crippen molar-refractivity contribution in [1.29, 1.82) is 5.26 Å². The molecule has 0 bridgehead atoms. The molecule has 1 N–H and O–H groups in total. The summed E-state index contributed by atoms with van der Waals surface area (Å²) in [6.45, 7) is 1.51. The molecule has 10 heteroatoms. The quantitative estimate of drug-likeness (QED) is 0.300. The fraction of sp³-hybridized carbons (Fsp3) is 0.333. The summed E-state index contributed by atoms with van der Waals surface area (Å²) in [6, 6.07) is 14.2. The molecule has 3 heterocycles. The standard InChI is InChI=1S/C30H28FN5O3S/c1-34(30-33-28(26(16-32)40-30)19-2-4-20(31)5-3-19)25-17-36(21-6-7-21)29(39)23-9-8-22(15-24(23)25)35-12-10-18(11-13-35)14-27(37)38/h2-5,8-9,15,17-18,21H,6-7,10-14H2,1H3,(H,37,38). The first-order valence-corrected chi connectivity index (χ1v) is 14.2. The minimum absolute atomic E-state index is 0.0229. The number of hydrogen-bond acceptors (Lipinski definition) is 7. The van der Waals surface area contributed by atoms with Crippen LogP contribution in [-0.2, 0) is 4.79 Å². The monoisotopic (exact) mass is 557 g/mol. The van der Waals surface area contributed by atoms with Gasteiger partial charge in [-0.25, -0.2) is 9.37 Å². The topological polar surface area (TPSA) is 102 Å². The molecule has 1 aliphatic carbocycles. The highest BCUT2D eigenvalue weighted by molar-refractivity contribution is 7.16. The molecule has 2 aromatic carbocycles. The molecule has 204 valence electrons. The van der Waals surface area contributed by atoms with Crippen LogP contribution in [0.1, 0.15) is 43.0 Å². The van der Waals surface area contributed by atoms with Crippen LogP contribution in [0.5, 0.6) is 0 Å². The zero-order valence-electron chi connectivity index (χ0n) is 22.0. The van der Waals surface area contributed by atoms with E-state index in [1.165, 1.54) is 23.5 Å². The number of carboxylic acids is 1. The number of aliphatic carboxylic acids is 1. The zero-order valence-corrected chi connectivity index (χ0v) is 22.8. The number of pyridine rings is 1. The number of benzene rings is 2.